The number of aromatic nitrogens is 1. The number of nitrogens with zero attached hydrogens (tertiary/aromatic N) is 1. The maximum Gasteiger partial charge on any atom is 0.228 e. The van der Waals surface area contributed by atoms with Crippen LogP contribution in [0.1, 0.15) is 19.5 Å². The molecule has 2 unspecified atom stereocenters. The quantitative estimate of drug-likeness (QED) is 0.836. The molecule has 0 aromatic carbocycles. The Labute approximate surface area is 104 Å². The molecule has 0 aliphatic heterocycles. The Bertz CT molecular complexity index is 393. The molecule has 16 heavy (non-hydrogen) atoms. The zero-order valence-electron chi connectivity index (χ0n) is 9.62. The summed E-state index contributed by atoms with van der Waals surface area (Å²) in [4.78, 5) is 16.0. The van der Waals surface area contributed by atoms with Gasteiger partial charge in [0.05, 0.1) is 17.3 Å². The van der Waals surface area contributed by atoms with Gasteiger partial charge in [-0.15, -0.1) is 0 Å². The summed E-state index contributed by atoms with van der Waals surface area (Å²) in [6.07, 6.45) is 0. The van der Waals surface area contributed by atoms with Gasteiger partial charge in [-0.25, -0.2) is 4.98 Å². The summed E-state index contributed by atoms with van der Waals surface area (Å²) in [5.74, 6) is -0.301. The Morgan fingerprint density at radius 2 is 2.12 bits per heavy atom. The van der Waals surface area contributed by atoms with E-state index < -0.39 is 0 Å². The van der Waals surface area contributed by atoms with Crippen molar-refractivity contribution in [2.24, 2.45) is 11.7 Å². The van der Waals surface area contributed by atoms with Gasteiger partial charge >= 0.3 is 0 Å². The van der Waals surface area contributed by atoms with Crippen LogP contribution in [0.4, 0.5) is 5.69 Å². The third-order valence-electron chi connectivity index (χ3n) is 2.51. The van der Waals surface area contributed by atoms with Gasteiger partial charge in [0.15, 0.2) is 0 Å². The molecule has 88 valence electrons. The molecule has 0 saturated carbocycles. The van der Waals surface area contributed by atoms with Gasteiger partial charge in [-0.1, -0.05) is 6.92 Å². The van der Waals surface area contributed by atoms with E-state index in [4.69, 9.17) is 5.73 Å². The van der Waals surface area contributed by atoms with E-state index >= 15 is 0 Å². The molecule has 0 saturated heterocycles. The topological polar surface area (TPSA) is 68.0 Å². The van der Waals surface area contributed by atoms with Gasteiger partial charge < -0.3 is 11.1 Å². The van der Waals surface area contributed by atoms with Crippen molar-refractivity contribution >= 4 is 27.5 Å². The van der Waals surface area contributed by atoms with Crippen LogP contribution in [-0.4, -0.2) is 16.9 Å². The summed E-state index contributed by atoms with van der Waals surface area (Å²) in [6, 6.07) is 3.45. The molecule has 1 amide bonds. The van der Waals surface area contributed by atoms with E-state index in [2.05, 4.69) is 26.2 Å². The number of halogens is 1. The first-order valence-corrected chi connectivity index (χ1v) is 5.90. The molecule has 0 spiro atoms. The Morgan fingerprint density at radius 3 is 2.62 bits per heavy atom. The summed E-state index contributed by atoms with van der Waals surface area (Å²) in [5.41, 5.74) is 7.17. The number of aryl methyl sites for hydroxylation is 1. The van der Waals surface area contributed by atoms with Crippen LogP contribution in [0, 0.1) is 12.8 Å². The maximum atomic E-state index is 11.8. The van der Waals surface area contributed by atoms with E-state index in [0.717, 1.165) is 16.0 Å². The first kappa shape index (κ1) is 13.1. The molecule has 3 N–H and O–H groups in total. The Balaban J connectivity index is 2.77. The molecule has 0 aliphatic rings. The number of anilines is 1. The highest BCUT2D eigenvalue weighted by Crippen LogP contribution is 2.17. The molecular weight excluding hydrogens is 270 g/mol. The number of carbonyl (C=O) groups excluding carboxylic acids is 1. The Kier molecular flexibility index (Phi) is 4.44. The van der Waals surface area contributed by atoms with Crippen LogP contribution < -0.4 is 11.1 Å². The normalized spacial score (nSPS) is 14.3. The Morgan fingerprint density at radius 1 is 1.50 bits per heavy atom. The third kappa shape index (κ3) is 3.28. The molecule has 5 heteroatoms. The maximum absolute atomic E-state index is 11.8. The van der Waals surface area contributed by atoms with Crippen LogP contribution in [0.5, 0.6) is 0 Å². The monoisotopic (exact) mass is 285 g/mol. The fraction of sp³-hybridized carbons (Fsp3) is 0.455. The van der Waals surface area contributed by atoms with Gasteiger partial charge in [-0.3, -0.25) is 4.79 Å². The highest BCUT2D eigenvalue weighted by atomic mass is 79.9. The first-order chi connectivity index (χ1) is 7.41. The van der Waals surface area contributed by atoms with E-state index in [1.807, 2.05) is 26.8 Å². The fourth-order valence-corrected chi connectivity index (χ4v) is 1.55. The van der Waals surface area contributed by atoms with Gasteiger partial charge in [-0.05, 0) is 41.9 Å². The molecule has 0 fully saturated rings. The van der Waals surface area contributed by atoms with E-state index in [1.54, 1.807) is 6.07 Å². The molecule has 1 rings (SSSR count). The third-order valence-corrected chi connectivity index (χ3v) is 2.95. The average molecular weight is 286 g/mol. The fourth-order valence-electron chi connectivity index (χ4n) is 1.15. The minimum absolute atomic E-state index is 0.0813. The summed E-state index contributed by atoms with van der Waals surface area (Å²) in [5, 5.41) is 2.82. The molecule has 1 aromatic heterocycles. The molecule has 4 nitrogen and oxygen atoms in total. The predicted octanol–water partition coefficient (Wildman–Crippen LogP) is 2.07. The van der Waals surface area contributed by atoms with Gasteiger partial charge in [0, 0.05) is 6.04 Å². The minimum Gasteiger partial charge on any atom is -0.327 e. The second kappa shape index (κ2) is 5.41. The van der Waals surface area contributed by atoms with E-state index in [9.17, 15) is 4.79 Å². The highest BCUT2D eigenvalue weighted by Gasteiger charge is 2.17. The van der Waals surface area contributed by atoms with Gasteiger partial charge in [0.2, 0.25) is 5.91 Å². The lowest BCUT2D eigenvalue weighted by molar-refractivity contribution is -0.119. The Hall–Kier alpha value is -0.940. The highest BCUT2D eigenvalue weighted by molar-refractivity contribution is 9.10. The van der Waals surface area contributed by atoms with E-state index in [-0.39, 0.29) is 17.9 Å². The van der Waals surface area contributed by atoms with Crippen molar-refractivity contribution in [3.63, 3.8) is 0 Å². The van der Waals surface area contributed by atoms with E-state index in [0.29, 0.717) is 0 Å². The number of nitrogens with one attached hydrogen (secondary N) is 1. The summed E-state index contributed by atoms with van der Waals surface area (Å²) in [7, 11) is 0. The number of rotatable bonds is 3. The second-order valence-corrected chi connectivity index (χ2v) is 4.72. The predicted molar refractivity (Wildman–Crippen MR) is 68.1 cm³/mol. The van der Waals surface area contributed by atoms with Crippen molar-refractivity contribution in [1.82, 2.24) is 4.98 Å². The zero-order valence-corrected chi connectivity index (χ0v) is 11.2. The molecule has 0 aliphatic carbocycles. The van der Waals surface area contributed by atoms with Gasteiger partial charge in [0.25, 0.3) is 0 Å². The summed E-state index contributed by atoms with van der Waals surface area (Å²) < 4.78 is 0.753. The molecule has 1 aromatic rings. The van der Waals surface area contributed by atoms with Crippen molar-refractivity contribution in [3.8, 4) is 0 Å². The lowest BCUT2D eigenvalue weighted by Gasteiger charge is -2.16. The second-order valence-electron chi connectivity index (χ2n) is 3.90. The van der Waals surface area contributed by atoms with Crippen LogP contribution in [0.2, 0.25) is 0 Å². The molecule has 0 radical (unpaired) electrons. The number of carbonyl (C=O) groups is 1. The molecular formula is C11H16BrN3O. The first-order valence-electron chi connectivity index (χ1n) is 5.11. The minimum atomic E-state index is -0.219. The van der Waals surface area contributed by atoms with Crippen LogP contribution in [0.25, 0.3) is 0 Å². The smallest absolute Gasteiger partial charge is 0.228 e. The number of amides is 1. The van der Waals surface area contributed by atoms with Crippen molar-refractivity contribution in [3.05, 3.63) is 22.4 Å². The average Bonchev–Trinajstić information content (AvgIpc) is 2.20. The largest absolute Gasteiger partial charge is 0.327 e. The van der Waals surface area contributed by atoms with Crippen molar-refractivity contribution in [1.29, 1.82) is 0 Å². The van der Waals surface area contributed by atoms with Crippen LogP contribution in [-0.2, 0) is 4.79 Å². The lowest BCUT2D eigenvalue weighted by Crippen LogP contribution is -2.34. The van der Waals surface area contributed by atoms with Crippen LogP contribution in [0.15, 0.2) is 16.7 Å². The lowest BCUT2D eigenvalue weighted by atomic mass is 10.0. The summed E-state index contributed by atoms with van der Waals surface area (Å²) in [6.45, 7) is 5.47. The number of nitrogens with two attached hydrogens (primary N) is 1. The molecule has 0 bridgehead atoms. The van der Waals surface area contributed by atoms with Crippen LogP contribution >= 0.6 is 15.9 Å². The number of pyridine rings is 1. The van der Waals surface area contributed by atoms with Crippen molar-refractivity contribution < 1.29 is 4.79 Å². The molecule has 1 heterocycles. The van der Waals surface area contributed by atoms with Gasteiger partial charge in [0.1, 0.15) is 4.60 Å². The SMILES string of the molecule is Cc1nc(Br)ccc1NC(=O)C(C)C(C)N. The van der Waals surface area contributed by atoms with Crippen LogP contribution in [0.3, 0.4) is 0 Å². The van der Waals surface area contributed by atoms with Gasteiger partial charge in [-0.2, -0.15) is 0 Å². The van der Waals surface area contributed by atoms with Crippen molar-refractivity contribution in [2.75, 3.05) is 5.32 Å². The van der Waals surface area contributed by atoms with E-state index in [1.165, 1.54) is 0 Å². The van der Waals surface area contributed by atoms with Crippen molar-refractivity contribution in [2.45, 2.75) is 26.8 Å². The summed E-state index contributed by atoms with van der Waals surface area (Å²) >= 11 is 3.27. The zero-order chi connectivity index (χ0) is 12.3. The molecule has 2 atom stereocenters. The standard InChI is InChI=1S/C11H16BrN3O/c1-6(7(2)13)11(16)15-9-4-5-10(12)14-8(9)3/h4-7H,13H2,1-3H3,(H,15,16). The number of hydrogen-bond donors (Lipinski definition) is 2. The number of hydrogen-bond acceptors (Lipinski definition) is 3.